The van der Waals surface area contributed by atoms with Crippen molar-refractivity contribution in [3.8, 4) is 5.75 Å². The first-order valence-corrected chi connectivity index (χ1v) is 5.81. The molecule has 0 radical (unpaired) electrons. The van der Waals surface area contributed by atoms with Crippen LogP contribution in [0.15, 0.2) is 36.5 Å². The predicted octanol–water partition coefficient (Wildman–Crippen LogP) is 1.97. The summed E-state index contributed by atoms with van der Waals surface area (Å²) in [6, 6.07) is 7.36. The Hall–Kier alpha value is -2.37. The van der Waals surface area contributed by atoms with Gasteiger partial charge in [-0.25, -0.2) is 4.39 Å². The Kier molecular flexibility index (Phi) is 4.12. The number of aryl methyl sites for hydroxylation is 1. The number of hydrogen-bond donors (Lipinski definition) is 1. The predicted molar refractivity (Wildman–Crippen MR) is 68.3 cm³/mol. The van der Waals surface area contributed by atoms with Crippen molar-refractivity contribution >= 4 is 11.7 Å². The van der Waals surface area contributed by atoms with Crippen LogP contribution in [-0.4, -0.2) is 22.3 Å². The number of carbonyl (C=O) groups is 1. The van der Waals surface area contributed by atoms with Crippen LogP contribution in [0, 0.1) is 5.82 Å². The van der Waals surface area contributed by atoms with Gasteiger partial charge in [-0.2, -0.15) is 5.10 Å². The number of aromatic nitrogens is 2. The molecule has 0 unspecified atom stereocenters. The van der Waals surface area contributed by atoms with E-state index in [1.54, 1.807) is 24.0 Å². The third kappa shape index (κ3) is 4.09. The average molecular weight is 263 g/mol. The topological polar surface area (TPSA) is 56.2 Å². The fraction of sp³-hybridized carbons (Fsp3) is 0.231. The Balaban J connectivity index is 1.73. The molecule has 0 bridgehead atoms. The molecule has 1 aromatic carbocycles. The van der Waals surface area contributed by atoms with Crippen molar-refractivity contribution in [2.45, 2.75) is 6.42 Å². The highest BCUT2D eigenvalue weighted by molar-refractivity contribution is 5.89. The van der Waals surface area contributed by atoms with Gasteiger partial charge in [-0.3, -0.25) is 9.48 Å². The second-order valence-corrected chi connectivity index (χ2v) is 3.98. The number of amides is 1. The fourth-order valence-corrected chi connectivity index (χ4v) is 1.48. The van der Waals surface area contributed by atoms with Gasteiger partial charge >= 0.3 is 0 Å². The van der Waals surface area contributed by atoms with Crippen LogP contribution in [0.3, 0.4) is 0 Å². The zero-order valence-corrected chi connectivity index (χ0v) is 10.5. The molecule has 1 N–H and O–H groups in total. The molecule has 0 aliphatic rings. The van der Waals surface area contributed by atoms with E-state index in [2.05, 4.69) is 10.4 Å². The van der Waals surface area contributed by atoms with Gasteiger partial charge in [0.15, 0.2) is 5.82 Å². The van der Waals surface area contributed by atoms with Gasteiger partial charge in [-0.15, -0.1) is 0 Å². The summed E-state index contributed by atoms with van der Waals surface area (Å²) in [5.41, 5.74) is 0. The molecule has 6 heteroatoms. The van der Waals surface area contributed by atoms with Crippen molar-refractivity contribution in [3.05, 3.63) is 42.3 Å². The summed E-state index contributed by atoms with van der Waals surface area (Å²) in [7, 11) is 1.77. The smallest absolute Gasteiger partial charge is 0.229 e. The lowest BCUT2D eigenvalue weighted by Crippen LogP contribution is -2.15. The standard InChI is InChI=1S/C13H14FN3O2/c1-17-8-6-12(16-17)15-13(18)7-9-19-11-4-2-10(14)3-5-11/h2-6,8H,7,9H2,1H3,(H,15,16,18). The molecule has 5 nitrogen and oxygen atoms in total. The van der Waals surface area contributed by atoms with Gasteiger partial charge in [-0.1, -0.05) is 0 Å². The molecule has 0 saturated carbocycles. The van der Waals surface area contributed by atoms with Crippen molar-refractivity contribution in [3.63, 3.8) is 0 Å². The molecule has 0 fully saturated rings. The zero-order valence-electron chi connectivity index (χ0n) is 10.5. The molecule has 1 heterocycles. The molecule has 0 aliphatic heterocycles. The number of benzene rings is 1. The Morgan fingerprint density at radius 1 is 1.37 bits per heavy atom. The summed E-state index contributed by atoms with van der Waals surface area (Å²) in [5, 5.41) is 6.68. The van der Waals surface area contributed by atoms with Crippen LogP contribution in [0.5, 0.6) is 5.75 Å². The van der Waals surface area contributed by atoms with Gasteiger partial charge in [0.1, 0.15) is 11.6 Å². The highest BCUT2D eigenvalue weighted by atomic mass is 19.1. The summed E-state index contributed by atoms with van der Waals surface area (Å²) in [5.74, 6) is 0.544. The number of hydrogen-bond acceptors (Lipinski definition) is 3. The summed E-state index contributed by atoms with van der Waals surface area (Å²) in [6.07, 6.45) is 1.94. The van der Waals surface area contributed by atoms with E-state index in [1.807, 2.05) is 0 Å². The van der Waals surface area contributed by atoms with Gasteiger partial charge in [0, 0.05) is 19.3 Å². The molecule has 100 valence electrons. The molecule has 2 rings (SSSR count). The Bertz CT molecular complexity index is 551. The first-order valence-electron chi connectivity index (χ1n) is 5.81. The summed E-state index contributed by atoms with van der Waals surface area (Å²) >= 11 is 0. The lowest BCUT2D eigenvalue weighted by atomic mass is 10.3. The van der Waals surface area contributed by atoms with Gasteiger partial charge in [0.05, 0.1) is 13.0 Å². The van der Waals surface area contributed by atoms with Crippen molar-refractivity contribution in [1.29, 1.82) is 0 Å². The van der Waals surface area contributed by atoms with Crippen LogP contribution in [0.2, 0.25) is 0 Å². The first-order chi connectivity index (χ1) is 9.13. The van der Waals surface area contributed by atoms with Crippen LogP contribution in [0.25, 0.3) is 0 Å². The Morgan fingerprint density at radius 3 is 2.74 bits per heavy atom. The molecule has 0 spiro atoms. The summed E-state index contributed by atoms with van der Waals surface area (Å²) in [4.78, 5) is 11.6. The maximum absolute atomic E-state index is 12.7. The number of anilines is 1. The Labute approximate surface area is 110 Å². The van der Waals surface area contributed by atoms with E-state index in [-0.39, 0.29) is 24.8 Å². The molecular weight excluding hydrogens is 249 g/mol. The third-order valence-corrected chi connectivity index (χ3v) is 2.39. The second kappa shape index (κ2) is 5.99. The number of nitrogens with zero attached hydrogens (tertiary/aromatic N) is 2. The number of ether oxygens (including phenoxy) is 1. The van der Waals surface area contributed by atoms with Gasteiger partial charge in [0.25, 0.3) is 0 Å². The molecule has 0 saturated heterocycles. The van der Waals surface area contributed by atoms with Crippen LogP contribution in [0.1, 0.15) is 6.42 Å². The molecular formula is C13H14FN3O2. The largest absolute Gasteiger partial charge is 0.493 e. The average Bonchev–Trinajstić information content (AvgIpc) is 2.77. The van der Waals surface area contributed by atoms with Crippen molar-refractivity contribution in [2.75, 3.05) is 11.9 Å². The fourth-order valence-electron chi connectivity index (χ4n) is 1.48. The van der Waals surface area contributed by atoms with E-state index in [0.717, 1.165) is 0 Å². The summed E-state index contributed by atoms with van der Waals surface area (Å²) in [6.45, 7) is 0.226. The Morgan fingerprint density at radius 2 is 2.11 bits per heavy atom. The van der Waals surface area contributed by atoms with Gasteiger partial charge in [-0.05, 0) is 24.3 Å². The van der Waals surface area contributed by atoms with E-state index < -0.39 is 0 Å². The van der Waals surface area contributed by atoms with Crippen molar-refractivity contribution in [2.24, 2.45) is 7.05 Å². The minimum absolute atomic E-state index is 0.180. The van der Waals surface area contributed by atoms with Crippen LogP contribution < -0.4 is 10.1 Å². The van der Waals surface area contributed by atoms with Gasteiger partial charge in [0.2, 0.25) is 5.91 Å². The van der Waals surface area contributed by atoms with E-state index in [1.165, 1.54) is 24.3 Å². The highest BCUT2D eigenvalue weighted by Crippen LogP contribution is 2.11. The highest BCUT2D eigenvalue weighted by Gasteiger charge is 2.04. The minimum atomic E-state index is -0.319. The molecule has 19 heavy (non-hydrogen) atoms. The monoisotopic (exact) mass is 263 g/mol. The van der Waals surface area contributed by atoms with E-state index in [0.29, 0.717) is 11.6 Å². The van der Waals surface area contributed by atoms with Crippen molar-refractivity contribution < 1.29 is 13.9 Å². The maximum atomic E-state index is 12.7. The van der Waals surface area contributed by atoms with Crippen LogP contribution in [-0.2, 0) is 11.8 Å². The van der Waals surface area contributed by atoms with Crippen LogP contribution >= 0.6 is 0 Å². The number of nitrogens with one attached hydrogen (secondary N) is 1. The molecule has 1 aromatic heterocycles. The third-order valence-electron chi connectivity index (χ3n) is 2.39. The molecule has 0 aliphatic carbocycles. The molecule has 0 atom stereocenters. The van der Waals surface area contributed by atoms with Crippen molar-refractivity contribution in [1.82, 2.24) is 9.78 Å². The lowest BCUT2D eigenvalue weighted by Gasteiger charge is -2.05. The quantitative estimate of drug-likeness (QED) is 0.897. The van der Waals surface area contributed by atoms with Crippen LogP contribution in [0.4, 0.5) is 10.2 Å². The zero-order chi connectivity index (χ0) is 13.7. The minimum Gasteiger partial charge on any atom is -0.493 e. The SMILES string of the molecule is Cn1ccc(NC(=O)CCOc2ccc(F)cc2)n1. The number of rotatable bonds is 5. The second-order valence-electron chi connectivity index (χ2n) is 3.98. The number of carbonyl (C=O) groups excluding carboxylic acids is 1. The molecule has 2 aromatic rings. The first kappa shape index (κ1) is 13.1. The van der Waals surface area contributed by atoms with E-state index in [9.17, 15) is 9.18 Å². The van der Waals surface area contributed by atoms with E-state index >= 15 is 0 Å². The number of halogens is 1. The summed E-state index contributed by atoms with van der Waals surface area (Å²) < 4.78 is 19.6. The normalized spacial score (nSPS) is 10.2. The molecule has 1 amide bonds. The lowest BCUT2D eigenvalue weighted by molar-refractivity contribution is -0.116. The van der Waals surface area contributed by atoms with E-state index in [4.69, 9.17) is 4.74 Å². The van der Waals surface area contributed by atoms with Gasteiger partial charge < -0.3 is 10.1 Å². The maximum Gasteiger partial charge on any atom is 0.229 e.